The predicted octanol–water partition coefficient (Wildman–Crippen LogP) is 0.354. The Morgan fingerprint density at radius 2 is 2.04 bits per heavy atom. The van der Waals surface area contributed by atoms with E-state index in [-0.39, 0.29) is 24.0 Å². The summed E-state index contributed by atoms with van der Waals surface area (Å²) in [7, 11) is 0. The average Bonchev–Trinajstić information content (AvgIpc) is 2.65. The molecule has 0 atom stereocenters. The van der Waals surface area contributed by atoms with Gasteiger partial charge in [0.2, 0.25) is 5.91 Å². The SMILES string of the molecule is Cc1cncc(/C(N)=C/C=C(\N)NC(=O)CN2CCCC(C=O)=C2C=O)c1. The second kappa shape index (κ2) is 9.33. The number of allylic oxidation sites excluding steroid dienone is 4. The van der Waals surface area contributed by atoms with E-state index >= 15 is 0 Å². The molecule has 27 heavy (non-hydrogen) atoms. The minimum Gasteiger partial charge on any atom is -0.398 e. The van der Waals surface area contributed by atoms with Crippen molar-refractivity contribution in [2.24, 2.45) is 11.5 Å². The third-order valence-electron chi connectivity index (χ3n) is 4.07. The first-order valence-corrected chi connectivity index (χ1v) is 8.48. The van der Waals surface area contributed by atoms with E-state index in [4.69, 9.17) is 11.5 Å². The predicted molar refractivity (Wildman–Crippen MR) is 102 cm³/mol. The van der Waals surface area contributed by atoms with Crippen molar-refractivity contribution in [3.63, 3.8) is 0 Å². The molecule has 2 rings (SSSR count). The Hall–Kier alpha value is -3.42. The molecule has 1 aliphatic heterocycles. The molecule has 0 unspecified atom stereocenters. The lowest BCUT2D eigenvalue weighted by Gasteiger charge is -2.28. The Bertz CT molecular complexity index is 826. The molecule has 1 aromatic rings. The molecule has 0 saturated heterocycles. The maximum atomic E-state index is 12.2. The number of pyridine rings is 1. The minimum atomic E-state index is -0.389. The molecular weight excluding hydrogens is 346 g/mol. The topological polar surface area (TPSA) is 131 Å². The molecule has 0 spiro atoms. The number of carbonyl (C=O) groups is 3. The number of hydrogen-bond acceptors (Lipinski definition) is 7. The van der Waals surface area contributed by atoms with Gasteiger partial charge in [0.15, 0.2) is 6.29 Å². The number of nitrogens with zero attached hydrogens (tertiary/aromatic N) is 2. The van der Waals surface area contributed by atoms with E-state index in [0.717, 1.165) is 11.1 Å². The zero-order valence-corrected chi connectivity index (χ0v) is 15.1. The maximum Gasteiger partial charge on any atom is 0.244 e. The van der Waals surface area contributed by atoms with Crippen molar-refractivity contribution in [3.05, 3.63) is 58.8 Å². The van der Waals surface area contributed by atoms with Crippen LogP contribution in [0.4, 0.5) is 0 Å². The molecule has 8 heteroatoms. The summed E-state index contributed by atoms with van der Waals surface area (Å²) in [6.07, 6.45) is 8.93. The van der Waals surface area contributed by atoms with Crippen molar-refractivity contribution in [1.82, 2.24) is 15.2 Å². The molecule has 1 aromatic heterocycles. The van der Waals surface area contributed by atoms with Crippen LogP contribution in [-0.4, -0.2) is 41.5 Å². The van der Waals surface area contributed by atoms with Crippen molar-refractivity contribution in [3.8, 4) is 0 Å². The summed E-state index contributed by atoms with van der Waals surface area (Å²) >= 11 is 0. The van der Waals surface area contributed by atoms with Crippen LogP contribution in [0.3, 0.4) is 0 Å². The second-order valence-corrected chi connectivity index (χ2v) is 6.21. The Kier molecular flexibility index (Phi) is 6.87. The molecule has 1 amide bonds. The first-order valence-electron chi connectivity index (χ1n) is 8.48. The highest BCUT2D eigenvalue weighted by atomic mass is 16.2. The third-order valence-corrected chi connectivity index (χ3v) is 4.07. The lowest BCUT2D eigenvalue weighted by atomic mass is 10.0. The van der Waals surface area contributed by atoms with Gasteiger partial charge in [0.05, 0.1) is 12.2 Å². The number of hydrogen-bond donors (Lipinski definition) is 3. The highest BCUT2D eigenvalue weighted by molar-refractivity contribution is 5.88. The zero-order valence-electron chi connectivity index (χ0n) is 15.1. The van der Waals surface area contributed by atoms with Crippen molar-refractivity contribution in [2.75, 3.05) is 13.1 Å². The van der Waals surface area contributed by atoms with E-state index < -0.39 is 0 Å². The molecule has 142 valence electrons. The first-order chi connectivity index (χ1) is 12.9. The molecule has 0 bridgehead atoms. The van der Waals surface area contributed by atoms with E-state index in [9.17, 15) is 14.4 Å². The van der Waals surface area contributed by atoms with Gasteiger partial charge in [-0.15, -0.1) is 0 Å². The van der Waals surface area contributed by atoms with Crippen LogP contribution in [-0.2, 0) is 14.4 Å². The molecular formula is C19H23N5O3. The van der Waals surface area contributed by atoms with Gasteiger partial charge in [0.25, 0.3) is 0 Å². The lowest BCUT2D eigenvalue weighted by Crippen LogP contribution is -2.40. The standard InChI is InChI=1S/C19H23N5O3/c1-13-7-15(9-22-8-13)16(20)4-5-18(21)23-19(27)10-24-6-2-3-14(11-25)17(24)12-26/h4-5,7-9,11-12H,2-3,6,10,20-21H2,1H3,(H,23,27)/b16-4-,18-5+. The van der Waals surface area contributed by atoms with Gasteiger partial charge >= 0.3 is 0 Å². The van der Waals surface area contributed by atoms with Crippen LogP contribution in [0.5, 0.6) is 0 Å². The lowest BCUT2D eigenvalue weighted by molar-refractivity contribution is -0.121. The molecule has 0 aliphatic carbocycles. The van der Waals surface area contributed by atoms with Gasteiger partial charge in [0, 0.05) is 35.8 Å². The van der Waals surface area contributed by atoms with Crippen molar-refractivity contribution in [1.29, 1.82) is 0 Å². The average molecular weight is 369 g/mol. The molecule has 1 aliphatic rings. The Labute approximate surface area is 157 Å². The number of rotatable bonds is 7. The second-order valence-electron chi connectivity index (χ2n) is 6.21. The fourth-order valence-electron chi connectivity index (χ4n) is 2.75. The number of carbonyl (C=O) groups excluding carboxylic acids is 3. The maximum absolute atomic E-state index is 12.2. The fraction of sp³-hybridized carbons (Fsp3) is 0.263. The molecule has 8 nitrogen and oxygen atoms in total. The molecule has 2 heterocycles. The normalized spacial score (nSPS) is 15.5. The van der Waals surface area contributed by atoms with Crippen molar-refractivity contribution >= 4 is 24.2 Å². The van der Waals surface area contributed by atoms with Gasteiger partial charge in [-0.25, -0.2) is 0 Å². The number of nitrogens with one attached hydrogen (secondary N) is 1. The van der Waals surface area contributed by atoms with E-state index in [0.29, 0.717) is 43.2 Å². The van der Waals surface area contributed by atoms with Crippen LogP contribution in [0.1, 0.15) is 24.0 Å². The van der Waals surface area contributed by atoms with E-state index in [1.165, 1.54) is 6.08 Å². The molecule has 0 saturated carbocycles. The third kappa shape index (κ3) is 5.53. The Balaban J connectivity index is 2.00. The summed E-state index contributed by atoms with van der Waals surface area (Å²) in [6.45, 7) is 2.36. The summed E-state index contributed by atoms with van der Waals surface area (Å²) in [5.74, 6) is -0.271. The van der Waals surface area contributed by atoms with Crippen molar-refractivity contribution < 1.29 is 14.4 Å². The number of nitrogens with two attached hydrogens (primary N) is 2. The summed E-state index contributed by atoms with van der Waals surface area (Å²) in [5.41, 5.74) is 14.6. The monoisotopic (exact) mass is 369 g/mol. The zero-order chi connectivity index (χ0) is 19.8. The quantitative estimate of drug-likeness (QED) is 0.467. The fourth-order valence-corrected chi connectivity index (χ4v) is 2.75. The molecule has 5 N–H and O–H groups in total. The van der Waals surface area contributed by atoms with Gasteiger partial charge < -0.3 is 21.7 Å². The molecule has 0 radical (unpaired) electrons. The smallest absolute Gasteiger partial charge is 0.244 e. The summed E-state index contributed by atoms with van der Waals surface area (Å²) in [4.78, 5) is 40.1. The Morgan fingerprint density at radius 3 is 2.70 bits per heavy atom. The first kappa shape index (κ1) is 19.9. The van der Waals surface area contributed by atoms with Gasteiger partial charge in [-0.2, -0.15) is 0 Å². The van der Waals surface area contributed by atoms with Crippen molar-refractivity contribution in [2.45, 2.75) is 19.8 Å². The summed E-state index contributed by atoms with van der Waals surface area (Å²) in [6, 6.07) is 1.88. The number of aldehydes is 2. The van der Waals surface area contributed by atoms with Gasteiger partial charge in [-0.1, -0.05) is 0 Å². The number of amides is 1. The summed E-state index contributed by atoms with van der Waals surface area (Å²) < 4.78 is 0. The van der Waals surface area contributed by atoms with Crippen LogP contribution < -0.4 is 16.8 Å². The van der Waals surface area contributed by atoms with Crippen LogP contribution >= 0.6 is 0 Å². The highest BCUT2D eigenvalue weighted by Gasteiger charge is 2.21. The van der Waals surface area contributed by atoms with E-state index in [1.54, 1.807) is 23.4 Å². The minimum absolute atomic E-state index is 0.0685. The van der Waals surface area contributed by atoms with Crippen LogP contribution in [0.2, 0.25) is 0 Å². The van der Waals surface area contributed by atoms with Crippen LogP contribution in [0, 0.1) is 6.92 Å². The van der Waals surface area contributed by atoms with Gasteiger partial charge in [-0.05, 0) is 43.5 Å². The number of aromatic nitrogens is 1. The molecule has 0 aromatic carbocycles. The van der Waals surface area contributed by atoms with E-state index in [2.05, 4.69) is 10.3 Å². The van der Waals surface area contributed by atoms with Gasteiger partial charge in [0.1, 0.15) is 12.1 Å². The Morgan fingerprint density at radius 1 is 1.26 bits per heavy atom. The molecule has 0 fully saturated rings. The summed E-state index contributed by atoms with van der Waals surface area (Å²) in [5, 5.41) is 2.54. The largest absolute Gasteiger partial charge is 0.398 e. The van der Waals surface area contributed by atoms with Gasteiger partial charge in [-0.3, -0.25) is 19.4 Å². The van der Waals surface area contributed by atoms with Crippen LogP contribution in [0.25, 0.3) is 5.70 Å². The highest BCUT2D eigenvalue weighted by Crippen LogP contribution is 2.19. The van der Waals surface area contributed by atoms with Crippen LogP contribution in [0.15, 0.2) is 47.7 Å². The number of aryl methyl sites for hydroxylation is 1. The van der Waals surface area contributed by atoms with E-state index in [1.807, 2.05) is 13.0 Å².